The average molecular weight is 457 g/mol. The molecule has 170 valence electrons. The van der Waals surface area contributed by atoms with Crippen LogP contribution in [0, 0.1) is 17.5 Å². The van der Waals surface area contributed by atoms with Crippen molar-refractivity contribution in [2.24, 2.45) is 0 Å². The molecule has 0 bridgehead atoms. The first-order valence-electron chi connectivity index (χ1n) is 9.56. The molecule has 4 rings (SSSR count). The molecule has 0 saturated heterocycles. The number of hydrogen-bond acceptors (Lipinski definition) is 7. The van der Waals surface area contributed by atoms with Gasteiger partial charge in [0, 0.05) is 24.9 Å². The molecule has 0 unspecified atom stereocenters. The molecule has 4 aromatic rings. The first-order valence-corrected chi connectivity index (χ1v) is 9.56. The molecule has 1 amide bonds. The summed E-state index contributed by atoms with van der Waals surface area (Å²) in [6.07, 6.45) is -0.914. The second-order valence-electron chi connectivity index (χ2n) is 7.08. The van der Waals surface area contributed by atoms with Crippen LogP contribution in [-0.4, -0.2) is 40.0 Å². The lowest BCUT2D eigenvalue weighted by atomic mass is 10.1. The Balaban J connectivity index is 1.83. The van der Waals surface area contributed by atoms with Gasteiger partial charge in [0.1, 0.15) is 11.5 Å². The number of para-hydroxylation sites is 1. The van der Waals surface area contributed by atoms with Gasteiger partial charge in [-0.15, -0.1) is 0 Å². The number of aromatic nitrogens is 4. The van der Waals surface area contributed by atoms with Gasteiger partial charge in [0.2, 0.25) is 0 Å². The molecule has 4 N–H and O–H groups in total. The fraction of sp³-hybridized carbons (Fsp3) is 0.143. The number of carbonyl (C=O) groups is 1. The lowest BCUT2D eigenvalue weighted by Gasteiger charge is -2.18. The van der Waals surface area contributed by atoms with Gasteiger partial charge in [-0.25, -0.2) is 18.0 Å². The van der Waals surface area contributed by atoms with Gasteiger partial charge in [-0.3, -0.25) is 4.90 Å². The first kappa shape index (κ1) is 21.9. The van der Waals surface area contributed by atoms with Crippen LogP contribution in [0.5, 0.6) is 0 Å². The third kappa shape index (κ3) is 3.86. The van der Waals surface area contributed by atoms with E-state index in [1.165, 1.54) is 18.8 Å². The van der Waals surface area contributed by atoms with Crippen LogP contribution in [0.15, 0.2) is 36.4 Å². The van der Waals surface area contributed by atoms with Crippen molar-refractivity contribution in [2.75, 3.05) is 30.5 Å². The number of ether oxygens (including phenoxy) is 1. The molecule has 0 fully saturated rings. The highest BCUT2D eigenvalue weighted by Gasteiger charge is 2.23. The number of nitrogen functional groups attached to an aromatic ring is 2. The van der Waals surface area contributed by atoms with Gasteiger partial charge in [0.25, 0.3) is 5.95 Å². The standard InChI is InChI=1S/C21H18F3N7O2/c1-30(21(32)33-2)17-18(25)27-20(28-19(17)26)31-15-6-4-3-5-12(15)14(29-31)8-10-7-11(22)9-13(23)16(10)24/h3-7,9H,8H2,1-2H3,(H4,25,26,27,28). The highest BCUT2D eigenvalue weighted by molar-refractivity contribution is 5.94. The van der Waals surface area contributed by atoms with E-state index in [9.17, 15) is 18.0 Å². The summed E-state index contributed by atoms with van der Waals surface area (Å²) in [5, 5.41) is 5.01. The van der Waals surface area contributed by atoms with Gasteiger partial charge in [-0.2, -0.15) is 19.7 Å². The first-order chi connectivity index (χ1) is 15.7. The molecule has 0 aliphatic carbocycles. The predicted molar refractivity (Wildman–Crippen MR) is 115 cm³/mol. The summed E-state index contributed by atoms with van der Waals surface area (Å²) in [6, 6.07) is 8.28. The van der Waals surface area contributed by atoms with Gasteiger partial charge < -0.3 is 16.2 Å². The summed E-state index contributed by atoms with van der Waals surface area (Å²) in [4.78, 5) is 21.3. The predicted octanol–water partition coefficient (Wildman–Crippen LogP) is 3.19. The third-order valence-corrected chi connectivity index (χ3v) is 4.99. The van der Waals surface area contributed by atoms with Crippen LogP contribution in [0.25, 0.3) is 16.9 Å². The van der Waals surface area contributed by atoms with Gasteiger partial charge in [-0.1, -0.05) is 18.2 Å². The van der Waals surface area contributed by atoms with E-state index in [1.54, 1.807) is 24.3 Å². The van der Waals surface area contributed by atoms with Crippen molar-refractivity contribution in [1.82, 2.24) is 19.7 Å². The number of hydrogen-bond donors (Lipinski definition) is 2. The summed E-state index contributed by atoms with van der Waals surface area (Å²) in [6.45, 7) is 0. The van der Waals surface area contributed by atoms with Gasteiger partial charge >= 0.3 is 6.09 Å². The van der Waals surface area contributed by atoms with E-state index in [2.05, 4.69) is 19.8 Å². The van der Waals surface area contributed by atoms with Crippen molar-refractivity contribution in [2.45, 2.75) is 6.42 Å². The van der Waals surface area contributed by atoms with Crippen molar-refractivity contribution in [3.8, 4) is 5.95 Å². The summed E-state index contributed by atoms with van der Waals surface area (Å²) >= 11 is 0. The minimum atomic E-state index is -1.29. The Morgan fingerprint density at radius 2 is 1.79 bits per heavy atom. The minimum absolute atomic E-state index is 0.0136. The van der Waals surface area contributed by atoms with E-state index in [-0.39, 0.29) is 35.3 Å². The van der Waals surface area contributed by atoms with Crippen LogP contribution in [0.1, 0.15) is 11.3 Å². The number of fused-ring (bicyclic) bond motifs is 1. The van der Waals surface area contributed by atoms with Crippen LogP contribution in [0.3, 0.4) is 0 Å². The molecule has 9 nitrogen and oxygen atoms in total. The van der Waals surface area contributed by atoms with Gasteiger partial charge in [-0.05, 0) is 17.7 Å². The van der Waals surface area contributed by atoms with E-state index in [0.717, 1.165) is 11.0 Å². The number of anilines is 3. The summed E-state index contributed by atoms with van der Waals surface area (Å²) < 4.78 is 47.5. The van der Waals surface area contributed by atoms with Crippen molar-refractivity contribution >= 4 is 34.3 Å². The van der Waals surface area contributed by atoms with Crippen LogP contribution in [-0.2, 0) is 11.2 Å². The van der Waals surface area contributed by atoms with Crippen LogP contribution in [0.4, 0.5) is 35.3 Å². The maximum absolute atomic E-state index is 14.2. The molecule has 2 aromatic carbocycles. The van der Waals surface area contributed by atoms with Gasteiger partial charge in [0.05, 0.1) is 18.3 Å². The number of halogens is 3. The molecule has 2 heterocycles. The van der Waals surface area contributed by atoms with Gasteiger partial charge in [0.15, 0.2) is 23.3 Å². The van der Waals surface area contributed by atoms with Crippen LogP contribution in [0.2, 0.25) is 0 Å². The number of rotatable bonds is 4. The highest BCUT2D eigenvalue weighted by atomic mass is 19.2. The minimum Gasteiger partial charge on any atom is -0.452 e. The Morgan fingerprint density at radius 3 is 2.45 bits per heavy atom. The maximum atomic E-state index is 14.2. The van der Waals surface area contributed by atoms with E-state index >= 15 is 0 Å². The number of benzene rings is 2. The Morgan fingerprint density at radius 1 is 1.12 bits per heavy atom. The lowest BCUT2D eigenvalue weighted by Crippen LogP contribution is -2.28. The molecular weight excluding hydrogens is 439 g/mol. The molecule has 0 aliphatic rings. The fourth-order valence-corrected chi connectivity index (χ4v) is 3.48. The molecule has 33 heavy (non-hydrogen) atoms. The third-order valence-electron chi connectivity index (χ3n) is 4.99. The van der Waals surface area contributed by atoms with Crippen LogP contribution >= 0.6 is 0 Å². The quantitative estimate of drug-likeness (QED) is 0.451. The van der Waals surface area contributed by atoms with E-state index in [1.807, 2.05) is 0 Å². The van der Waals surface area contributed by atoms with Crippen molar-refractivity contribution in [3.63, 3.8) is 0 Å². The second kappa shape index (κ2) is 8.30. The second-order valence-corrected chi connectivity index (χ2v) is 7.08. The summed E-state index contributed by atoms with van der Waals surface area (Å²) in [5.41, 5.74) is 12.8. The van der Waals surface area contributed by atoms with Crippen molar-refractivity contribution < 1.29 is 22.7 Å². The molecule has 0 aliphatic heterocycles. The Hall–Kier alpha value is -4.35. The molecule has 12 heteroatoms. The number of carbonyl (C=O) groups excluding carboxylic acids is 1. The number of amides is 1. The zero-order valence-corrected chi connectivity index (χ0v) is 17.5. The van der Waals surface area contributed by atoms with E-state index in [4.69, 9.17) is 11.5 Å². The zero-order chi connectivity index (χ0) is 23.9. The normalized spacial score (nSPS) is 11.1. The lowest BCUT2D eigenvalue weighted by molar-refractivity contribution is 0.180. The van der Waals surface area contributed by atoms with Crippen molar-refractivity contribution in [1.29, 1.82) is 0 Å². The molecule has 2 aromatic heterocycles. The monoisotopic (exact) mass is 457 g/mol. The van der Waals surface area contributed by atoms with E-state index < -0.39 is 23.5 Å². The molecule has 0 saturated carbocycles. The fourth-order valence-electron chi connectivity index (χ4n) is 3.48. The molecular formula is C21H18F3N7O2. The SMILES string of the molecule is COC(=O)N(C)c1c(N)nc(-n2nc(Cc3cc(F)cc(F)c3F)c3ccccc32)nc1N. The Labute approximate surface area is 185 Å². The zero-order valence-electron chi connectivity index (χ0n) is 17.5. The highest BCUT2D eigenvalue weighted by Crippen LogP contribution is 2.30. The molecule has 0 atom stereocenters. The topological polar surface area (TPSA) is 125 Å². The number of nitrogens with two attached hydrogens (primary N) is 2. The number of nitrogens with zero attached hydrogens (tertiary/aromatic N) is 5. The number of methoxy groups -OCH3 is 1. The van der Waals surface area contributed by atoms with E-state index in [0.29, 0.717) is 22.7 Å². The van der Waals surface area contributed by atoms with Crippen molar-refractivity contribution in [3.05, 3.63) is 65.1 Å². The smallest absolute Gasteiger partial charge is 0.413 e. The molecule has 0 radical (unpaired) electrons. The Kier molecular flexibility index (Phi) is 5.50. The Bertz CT molecular complexity index is 1370. The summed E-state index contributed by atoms with van der Waals surface area (Å²) in [5.74, 6) is -3.57. The van der Waals surface area contributed by atoms with Crippen LogP contribution < -0.4 is 16.4 Å². The largest absolute Gasteiger partial charge is 0.452 e. The maximum Gasteiger partial charge on any atom is 0.413 e. The summed E-state index contributed by atoms with van der Waals surface area (Å²) in [7, 11) is 2.59. The molecule has 0 spiro atoms. The average Bonchev–Trinajstić information content (AvgIpc) is 3.14.